The van der Waals surface area contributed by atoms with Gasteiger partial charge in [-0.25, -0.2) is 22.2 Å². The van der Waals surface area contributed by atoms with Crippen LogP contribution in [0.5, 0.6) is 0 Å². The number of hydrogen-bond donors (Lipinski definition) is 3. The molecule has 8 nitrogen and oxygen atoms in total. The maximum atomic E-state index is 13.6. The summed E-state index contributed by atoms with van der Waals surface area (Å²) in [5.74, 6) is -1.14. The predicted molar refractivity (Wildman–Crippen MR) is 109 cm³/mol. The van der Waals surface area contributed by atoms with Crippen LogP contribution >= 0.6 is 0 Å². The highest BCUT2D eigenvalue weighted by Gasteiger charge is 2.13. The molecule has 0 aliphatic rings. The number of fused-ring (bicyclic) bond motifs is 1. The van der Waals surface area contributed by atoms with Crippen LogP contribution in [0.4, 0.5) is 32.1 Å². The van der Waals surface area contributed by atoms with E-state index in [1.807, 2.05) is 0 Å². The first-order valence-electron chi connectivity index (χ1n) is 8.71. The number of rotatable bonds is 5. The summed E-state index contributed by atoms with van der Waals surface area (Å²) in [6.07, 6.45) is 2.63. The van der Waals surface area contributed by atoms with Gasteiger partial charge in [-0.1, -0.05) is 6.07 Å². The molecule has 0 amide bonds. The van der Waals surface area contributed by atoms with Crippen molar-refractivity contribution in [2.24, 2.45) is 0 Å². The molecule has 2 aromatic carbocycles. The van der Waals surface area contributed by atoms with Gasteiger partial charge in [0.2, 0.25) is 5.95 Å². The summed E-state index contributed by atoms with van der Waals surface area (Å²) in [4.78, 5) is 8.62. The Labute approximate surface area is 170 Å². The molecule has 154 valence electrons. The van der Waals surface area contributed by atoms with E-state index >= 15 is 0 Å². The number of aromatic amines is 1. The van der Waals surface area contributed by atoms with Crippen LogP contribution in [0.3, 0.4) is 0 Å². The second kappa shape index (κ2) is 7.34. The highest BCUT2D eigenvalue weighted by atomic mass is 32.2. The lowest BCUT2D eigenvalue weighted by Gasteiger charge is -2.10. The minimum atomic E-state index is -3.38. The Morgan fingerprint density at radius 3 is 2.57 bits per heavy atom. The summed E-state index contributed by atoms with van der Waals surface area (Å²) in [7, 11) is -3.38. The minimum absolute atomic E-state index is 0.207. The quantitative estimate of drug-likeness (QED) is 0.441. The van der Waals surface area contributed by atoms with Crippen molar-refractivity contribution in [2.75, 3.05) is 16.9 Å². The SMILES string of the molecule is Cc1ccc(Nc2nccc(Nc3n[nH]c4cc(F)c(F)cc34)n2)cc1S(C)(=O)=O. The van der Waals surface area contributed by atoms with Crippen molar-refractivity contribution in [1.82, 2.24) is 20.2 Å². The molecule has 0 unspecified atom stereocenters. The zero-order chi connectivity index (χ0) is 21.5. The first-order valence-corrected chi connectivity index (χ1v) is 10.6. The first kappa shape index (κ1) is 19.7. The van der Waals surface area contributed by atoms with Gasteiger partial charge in [0.1, 0.15) is 5.82 Å². The molecule has 0 aliphatic heterocycles. The predicted octanol–water partition coefficient (Wildman–Crippen LogP) is 3.83. The van der Waals surface area contributed by atoms with Crippen LogP contribution in [0.25, 0.3) is 10.9 Å². The first-order chi connectivity index (χ1) is 14.2. The maximum absolute atomic E-state index is 13.6. The van der Waals surface area contributed by atoms with Gasteiger partial charge in [0.15, 0.2) is 27.3 Å². The average Bonchev–Trinajstić information content (AvgIpc) is 3.04. The molecule has 0 spiro atoms. The van der Waals surface area contributed by atoms with Crippen molar-refractivity contribution in [3.05, 3.63) is 59.8 Å². The molecule has 0 saturated carbocycles. The number of aromatic nitrogens is 4. The summed E-state index contributed by atoms with van der Waals surface area (Å²) in [6, 6.07) is 8.54. The van der Waals surface area contributed by atoms with E-state index in [4.69, 9.17) is 0 Å². The molecular formula is C19H16F2N6O2S. The van der Waals surface area contributed by atoms with Gasteiger partial charge in [-0.3, -0.25) is 5.10 Å². The third-order valence-electron chi connectivity index (χ3n) is 4.35. The number of aryl methyl sites for hydroxylation is 1. The van der Waals surface area contributed by atoms with E-state index in [-0.39, 0.29) is 16.7 Å². The minimum Gasteiger partial charge on any atom is -0.324 e. The number of halogens is 2. The smallest absolute Gasteiger partial charge is 0.229 e. The summed E-state index contributed by atoms with van der Waals surface area (Å²) >= 11 is 0. The molecule has 2 aromatic heterocycles. The number of anilines is 4. The van der Waals surface area contributed by atoms with E-state index in [2.05, 4.69) is 30.8 Å². The number of benzene rings is 2. The van der Waals surface area contributed by atoms with E-state index < -0.39 is 21.5 Å². The van der Waals surface area contributed by atoms with E-state index in [9.17, 15) is 17.2 Å². The van der Waals surface area contributed by atoms with Crippen molar-refractivity contribution < 1.29 is 17.2 Å². The van der Waals surface area contributed by atoms with E-state index in [0.717, 1.165) is 18.4 Å². The molecule has 11 heteroatoms. The van der Waals surface area contributed by atoms with Crippen molar-refractivity contribution in [3.8, 4) is 0 Å². The van der Waals surface area contributed by atoms with E-state index in [1.54, 1.807) is 25.1 Å². The van der Waals surface area contributed by atoms with Crippen LogP contribution in [0.15, 0.2) is 47.5 Å². The molecule has 0 aliphatic carbocycles. The van der Waals surface area contributed by atoms with Crippen LogP contribution < -0.4 is 10.6 Å². The van der Waals surface area contributed by atoms with Crippen LogP contribution in [0.1, 0.15) is 5.56 Å². The normalized spacial score (nSPS) is 11.6. The molecule has 0 radical (unpaired) electrons. The van der Waals surface area contributed by atoms with Crippen LogP contribution in [0.2, 0.25) is 0 Å². The molecular weight excluding hydrogens is 414 g/mol. The average molecular weight is 430 g/mol. The van der Waals surface area contributed by atoms with Gasteiger partial charge in [-0.2, -0.15) is 10.1 Å². The Morgan fingerprint density at radius 1 is 1.03 bits per heavy atom. The molecule has 30 heavy (non-hydrogen) atoms. The highest BCUT2D eigenvalue weighted by molar-refractivity contribution is 7.90. The monoisotopic (exact) mass is 430 g/mol. The number of sulfone groups is 1. The van der Waals surface area contributed by atoms with Crippen molar-refractivity contribution >= 4 is 44.0 Å². The lowest BCUT2D eigenvalue weighted by Crippen LogP contribution is -2.03. The third kappa shape index (κ3) is 3.92. The fourth-order valence-corrected chi connectivity index (χ4v) is 3.92. The fraction of sp³-hybridized carbons (Fsp3) is 0.105. The van der Waals surface area contributed by atoms with Gasteiger partial charge < -0.3 is 10.6 Å². The van der Waals surface area contributed by atoms with Gasteiger partial charge >= 0.3 is 0 Å². The van der Waals surface area contributed by atoms with Gasteiger partial charge in [0, 0.05) is 29.6 Å². The molecule has 0 fully saturated rings. The lowest BCUT2D eigenvalue weighted by molar-refractivity contribution is 0.511. The molecule has 0 saturated heterocycles. The molecule has 0 bridgehead atoms. The topological polar surface area (TPSA) is 113 Å². The van der Waals surface area contributed by atoms with Gasteiger partial charge in [-0.15, -0.1) is 0 Å². The van der Waals surface area contributed by atoms with Crippen LogP contribution in [0, 0.1) is 18.6 Å². The van der Waals surface area contributed by atoms with Crippen molar-refractivity contribution in [2.45, 2.75) is 11.8 Å². The number of nitrogens with one attached hydrogen (secondary N) is 3. The highest BCUT2D eigenvalue weighted by Crippen LogP contribution is 2.26. The zero-order valence-electron chi connectivity index (χ0n) is 15.9. The largest absolute Gasteiger partial charge is 0.324 e. The van der Waals surface area contributed by atoms with Crippen LogP contribution in [-0.4, -0.2) is 34.8 Å². The third-order valence-corrected chi connectivity index (χ3v) is 5.59. The van der Waals surface area contributed by atoms with E-state index in [1.165, 1.54) is 12.3 Å². The molecule has 4 rings (SSSR count). The zero-order valence-corrected chi connectivity index (χ0v) is 16.7. The summed E-state index contributed by atoms with van der Waals surface area (Å²) in [6.45, 7) is 1.71. The van der Waals surface area contributed by atoms with Crippen molar-refractivity contribution in [1.29, 1.82) is 0 Å². The van der Waals surface area contributed by atoms with Gasteiger partial charge in [0.25, 0.3) is 0 Å². The molecule has 3 N–H and O–H groups in total. The Kier molecular flexibility index (Phi) is 4.82. The number of H-pyrrole nitrogens is 1. The standard InChI is InChI=1S/C19H16F2N6O2S/c1-10-3-4-11(7-16(10)30(2,28)29)23-19-22-6-5-17(25-19)24-18-12-8-13(20)14(21)9-15(12)26-27-18/h3-9H,1-2H3,(H3,22,23,24,25,26,27). The van der Waals surface area contributed by atoms with Gasteiger partial charge in [-0.05, 0) is 36.8 Å². The summed E-state index contributed by atoms with van der Waals surface area (Å²) in [5, 5.41) is 12.9. The van der Waals surface area contributed by atoms with Gasteiger partial charge in [0.05, 0.1) is 10.4 Å². The summed E-state index contributed by atoms with van der Waals surface area (Å²) < 4.78 is 50.8. The Bertz CT molecular complexity index is 1370. The molecule has 0 atom stereocenters. The second-order valence-corrected chi connectivity index (χ2v) is 8.64. The number of nitrogens with zero attached hydrogens (tertiary/aromatic N) is 3. The van der Waals surface area contributed by atoms with Crippen LogP contribution in [-0.2, 0) is 9.84 Å². The lowest BCUT2D eigenvalue weighted by atomic mass is 10.2. The Balaban J connectivity index is 1.61. The second-order valence-electron chi connectivity index (χ2n) is 6.65. The van der Waals surface area contributed by atoms with E-state index in [0.29, 0.717) is 28.0 Å². The number of hydrogen-bond acceptors (Lipinski definition) is 7. The molecule has 4 aromatic rings. The van der Waals surface area contributed by atoms with Crippen molar-refractivity contribution in [3.63, 3.8) is 0 Å². The summed E-state index contributed by atoms with van der Waals surface area (Å²) in [5.41, 5.74) is 1.46. The Morgan fingerprint density at radius 2 is 1.80 bits per heavy atom. The maximum Gasteiger partial charge on any atom is 0.229 e. The fourth-order valence-electron chi connectivity index (χ4n) is 2.92. The Hall–Kier alpha value is -3.60. The molecule has 2 heterocycles.